The van der Waals surface area contributed by atoms with Crippen molar-refractivity contribution in [2.24, 2.45) is 5.92 Å². The lowest BCUT2D eigenvalue weighted by Crippen LogP contribution is -2.28. The van der Waals surface area contributed by atoms with Crippen molar-refractivity contribution in [1.82, 2.24) is 19.9 Å². The lowest BCUT2D eigenvalue weighted by molar-refractivity contribution is 0.263. The lowest BCUT2D eigenvalue weighted by Gasteiger charge is -2.24. The van der Waals surface area contributed by atoms with Crippen molar-refractivity contribution >= 4 is 0 Å². The Labute approximate surface area is 147 Å². The number of rotatable bonds is 4. The number of H-pyrrole nitrogens is 1. The zero-order valence-electron chi connectivity index (χ0n) is 14.4. The third-order valence-electron chi connectivity index (χ3n) is 5.30. The second kappa shape index (κ2) is 7.31. The van der Waals surface area contributed by atoms with Gasteiger partial charge in [-0.25, -0.2) is 4.98 Å². The van der Waals surface area contributed by atoms with Gasteiger partial charge in [0.25, 0.3) is 5.56 Å². The highest BCUT2D eigenvalue weighted by atomic mass is 16.1. The molecule has 0 aromatic carbocycles. The van der Waals surface area contributed by atoms with E-state index in [-0.39, 0.29) is 5.56 Å². The zero-order chi connectivity index (χ0) is 17.1. The van der Waals surface area contributed by atoms with Crippen molar-refractivity contribution in [2.75, 3.05) is 19.6 Å². The Bertz CT molecular complexity index is 799. The van der Waals surface area contributed by atoms with E-state index < -0.39 is 0 Å². The summed E-state index contributed by atoms with van der Waals surface area (Å²) in [4.78, 5) is 26.3. The Morgan fingerprint density at radius 1 is 1.20 bits per heavy atom. The first-order valence-electron chi connectivity index (χ1n) is 9.17. The summed E-state index contributed by atoms with van der Waals surface area (Å²) in [6, 6.07) is 5.42. The van der Waals surface area contributed by atoms with E-state index in [0.717, 1.165) is 36.7 Å². The van der Waals surface area contributed by atoms with Crippen LogP contribution in [0.4, 0.5) is 0 Å². The molecule has 25 heavy (non-hydrogen) atoms. The molecule has 1 aliphatic carbocycles. The number of aromatic amines is 1. The van der Waals surface area contributed by atoms with Crippen LogP contribution in [0, 0.1) is 5.92 Å². The highest BCUT2D eigenvalue weighted by molar-refractivity contribution is 5.53. The fraction of sp³-hybridized carbons (Fsp3) is 0.450. The molecule has 2 aromatic heterocycles. The summed E-state index contributed by atoms with van der Waals surface area (Å²) in [6.07, 6.45) is 12.9. The zero-order valence-corrected chi connectivity index (χ0v) is 14.4. The number of allylic oxidation sites excluding steroid dienone is 2. The summed E-state index contributed by atoms with van der Waals surface area (Å²) in [6.45, 7) is 3.28. The fourth-order valence-electron chi connectivity index (χ4n) is 3.96. The maximum Gasteiger partial charge on any atom is 0.251 e. The molecule has 0 amide bonds. The molecule has 0 spiro atoms. The van der Waals surface area contributed by atoms with Gasteiger partial charge in [0.05, 0.1) is 5.69 Å². The maximum absolute atomic E-state index is 12.1. The van der Waals surface area contributed by atoms with Crippen LogP contribution in [0.25, 0.3) is 11.4 Å². The number of likely N-dealkylation sites (tertiary alicyclic amines) is 1. The summed E-state index contributed by atoms with van der Waals surface area (Å²) in [5.74, 6) is 1.77. The van der Waals surface area contributed by atoms with Crippen molar-refractivity contribution in [2.45, 2.75) is 31.6 Å². The molecule has 1 fully saturated rings. The van der Waals surface area contributed by atoms with Crippen LogP contribution in [0.15, 0.2) is 47.5 Å². The second-order valence-corrected chi connectivity index (χ2v) is 7.15. The smallest absolute Gasteiger partial charge is 0.251 e. The van der Waals surface area contributed by atoms with Gasteiger partial charge in [-0.15, -0.1) is 0 Å². The van der Waals surface area contributed by atoms with Crippen LogP contribution < -0.4 is 5.56 Å². The van der Waals surface area contributed by atoms with E-state index in [1.807, 2.05) is 12.1 Å². The summed E-state index contributed by atoms with van der Waals surface area (Å²) < 4.78 is 0. The molecule has 1 N–H and O–H groups in total. The number of pyridine rings is 1. The van der Waals surface area contributed by atoms with Gasteiger partial charge in [0.15, 0.2) is 0 Å². The largest absolute Gasteiger partial charge is 0.307 e. The van der Waals surface area contributed by atoms with Gasteiger partial charge in [0, 0.05) is 43.0 Å². The van der Waals surface area contributed by atoms with Crippen LogP contribution >= 0.6 is 0 Å². The topological polar surface area (TPSA) is 61.9 Å². The van der Waals surface area contributed by atoms with Crippen LogP contribution in [0.2, 0.25) is 0 Å². The van der Waals surface area contributed by atoms with Crippen LogP contribution in [-0.2, 0) is 0 Å². The third kappa shape index (κ3) is 3.87. The average Bonchev–Trinajstić information content (AvgIpc) is 3.11. The standard InChI is InChI=1S/C20H24N4O/c25-19-12-18(22-20(23-19)16-6-9-21-10-7-16)17-8-11-24(14-17)13-15-4-2-1-3-5-15/h1-2,6-7,9-10,12,15,17H,3-5,8,11,13-14H2,(H,22,23,25). The first-order valence-corrected chi connectivity index (χ1v) is 9.17. The fourth-order valence-corrected chi connectivity index (χ4v) is 3.96. The van der Waals surface area contributed by atoms with Gasteiger partial charge in [-0.2, -0.15) is 0 Å². The Kier molecular flexibility index (Phi) is 4.74. The summed E-state index contributed by atoms with van der Waals surface area (Å²) in [7, 11) is 0. The number of nitrogens with one attached hydrogen (secondary N) is 1. The summed E-state index contributed by atoms with van der Waals surface area (Å²) in [5, 5.41) is 0. The maximum atomic E-state index is 12.1. The quantitative estimate of drug-likeness (QED) is 0.872. The number of nitrogens with zero attached hydrogens (tertiary/aromatic N) is 3. The Morgan fingerprint density at radius 2 is 2.08 bits per heavy atom. The molecule has 0 saturated carbocycles. The Hall–Kier alpha value is -2.27. The van der Waals surface area contributed by atoms with Crippen molar-refractivity contribution in [1.29, 1.82) is 0 Å². The molecule has 2 unspecified atom stereocenters. The van der Waals surface area contributed by atoms with Gasteiger partial charge in [0.1, 0.15) is 5.82 Å². The van der Waals surface area contributed by atoms with Crippen molar-refractivity contribution in [3.05, 3.63) is 58.8 Å². The van der Waals surface area contributed by atoms with E-state index in [9.17, 15) is 4.79 Å². The third-order valence-corrected chi connectivity index (χ3v) is 5.30. The number of hydrogen-bond donors (Lipinski definition) is 1. The Morgan fingerprint density at radius 3 is 2.88 bits per heavy atom. The number of hydrogen-bond acceptors (Lipinski definition) is 4. The van der Waals surface area contributed by atoms with E-state index in [1.54, 1.807) is 18.5 Å². The molecule has 2 atom stereocenters. The normalized spacial score (nSPS) is 23.8. The predicted molar refractivity (Wildman–Crippen MR) is 98.4 cm³/mol. The SMILES string of the molecule is O=c1cc(C2CCN(CC3CC=CCC3)C2)nc(-c2ccncc2)[nH]1. The van der Waals surface area contributed by atoms with Crippen LogP contribution in [0.1, 0.15) is 37.3 Å². The monoisotopic (exact) mass is 336 g/mol. The first kappa shape index (κ1) is 16.2. The molecule has 5 heteroatoms. The minimum absolute atomic E-state index is 0.0762. The minimum atomic E-state index is -0.0762. The molecule has 5 nitrogen and oxygen atoms in total. The highest BCUT2D eigenvalue weighted by Gasteiger charge is 2.27. The van der Waals surface area contributed by atoms with Gasteiger partial charge in [-0.3, -0.25) is 9.78 Å². The predicted octanol–water partition coefficient (Wildman–Crippen LogP) is 2.98. The lowest BCUT2D eigenvalue weighted by atomic mass is 9.94. The van der Waals surface area contributed by atoms with Crippen molar-refractivity contribution in [3.63, 3.8) is 0 Å². The molecular weight excluding hydrogens is 312 g/mol. The van der Waals surface area contributed by atoms with Gasteiger partial charge in [-0.1, -0.05) is 12.2 Å². The Balaban J connectivity index is 1.48. The molecule has 3 heterocycles. The van der Waals surface area contributed by atoms with Crippen molar-refractivity contribution in [3.8, 4) is 11.4 Å². The molecule has 2 aromatic rings. The van der Waals surface area contributed by atoms with Crippen LogP contribution in [0.3, 0.4) is 0 Å². The molecular formula is C20H24N4O. The van der Waals surface area contributed by atoms with E-state index in [1.165, 1.54) is 25.8 Å². The van der Waals surface area contributed by atoms with E-state index in [4.69, 9.17) is 4.98 Å². The molecule has 0 bridgehead atoms. The molecule has 4 rings (SSSR count). The van der Waals surface area contributed by atoms with Crippen LogP contribution in [-0.4, -0.2) is 39.5 Å². The number of aromatic nitrogens is 3. The molecule has 2 aliphatic rings. The van der Waals surface area contributed by atoms with E-state index >= 15 is 0 Å². The molecule has 0 radical (unpaired) electrons. The van der Waals surface area contributed by atoms with E-state index in [0.29, 0.717) is 11.7 Å². The van der Waals surface area contributed by atoms with Crippen LogP contribution in [0.5, 0.6) is 0 Å². The van der Waals surface area contributed by atoms with E-state index in [2.05, 4.69) is 27.0 Å². The summed E-state index contributed by atoms with van der Waals surface area (Å²) in [5.41, 5.74) is 1.74. The minimum Gasteiger partial charge on any atom is -0.307 e. The average molecular weight is 336 g/mol. The molecule has 130 valence electrons. The highest BCUT2D eigenvalue weighted by Crippen LogP contribution is 2.28. The van der Waals surface area contributed by atoms with Crippen molar-refractivity contribution < 1.29 is 0 Å². The van der Waals surface area contributed by atoms with Gasteiger partial charge in [0.2, 0.25) is 0 Å². The summed E-state index contributed by atoms with van der Waals surface area (Å²) >= 11 is 0. The van der Waals surface area contributed by atoms with Gasteiger partial charge in [-0.05, 0) is 50.3 Å². The van der Waals surface area contributed by atoms with Gasteiger partial charge < -0.3 is 9.88 Å². The molecule has 1 saturated heterocycles. The molecule has 1 aliphatic heterocycles. The second-order valence-electron chi connectivity index (χ2n) is 7.15. The first-order chi connectivity index (χ1) is 12.3. The van der Waals surface area contributed by atoms with Gasteiger partial charge >= 0.3 is 0 Å².